The molecule has 21 heteroatoms. The summed E-state index contributed by atoms with van der Waals surface area (Å²) in [7, 11) is 3.65. The molecule has 0 unspecified atom stereocenters. The van der Waals surface area contributed by atoms with Gasteiger partial charge in [0.15, 0.2) is 0 Å². The lowest BCUT2D eigenvalue weighted by atomic mass is 10.2. The third kappa shape index (κ3) is 16.8. The first-order valence-corrected chi connectivity index (χ1v) is 19.4. The van der Waals surface area contributed by atoms with Crippen LogP contribution in [-0.2, 0) is 14.2 Å². The number of carboxylic acid groups (broad SMARTS) is 1. The number of phenolic OH excluding ortho intramolecular Hbond substituents is 3. The number of pyridine rings is 4. The Morgan fingerprint density at radius 3 is 0.942 bits per heavy atom. The first kappa shape index (κ1) is 51.6. The van der Waals surface area contributed by atoms with Crippen LogP contribution in [-0.4, -0.2) is 103 Å². The number of ether oxygens (including phenoxy) is 6. The molecule has 0 bridgehead atoms. The van der Waals surface area contributed by atoms with Crippen LogP contribution in [0.1, 0.15) is 72.5 Å². The summed E-state index contributed by atoms with van der Waals surface area (Å²) >= 11 is 0. The number of carbonyl (C=O) groups excluding carboxylic acids is 6. The van der Waals surface area contributed by atoms with Crippen LogP contribution in [0.4, 0.5) is 0 Å². The van der Waals surface area contributed by atoms with Gasteiger partial charge in [0.25, 0.3) is 0 Å². The van der Waals surface area contributed by atoms with Crippen LogP contribution in [0.2, 0.25) is 0 Å². The standard InChI is InChI=1S/C20H14N2O6.C14H11NO5.C8H8O4.C6H5NO2/c1-26-18(23)15-8-16(27-19(24)13-4-2-6-21-11-13)10-17(9-15)28-20(25)14-5-3-7-22-12-14;1-19-13(17)10-5-11(16)7-12(6-10)20-14(18)9-3-2-4-15-8-9;1-12-8(11)5-2-6(9)4-7(10)3-5;8-6(9)5-2-1-3-7-4-5/h2-12H,1H3;2-8,16H,1H3;2-4,9-10H,1H3;1-4H,(H,8,9). The van der Waals surface area contributed by atoms with Gasteiger partial charge in [0.2, 0.25) is 0 Å². The Morgan fingerprint density at radius 2 is 0.652 bits per heavy atom. The molecule has 0 spiro atoms. The minimum atomic E-state index is -0.942. The molecule has 0 aliphatic carbocycles. The number of aromatic hydroxyl groups is 3. The monoisotopic (exact) mass is 942 g/mol. The highest BCUT2D eigenvalue weighted by atomic mass is 16.6. The predicted molar refractivity (Wildman–Crippen MR) is 237 cm³/mol. The second kappa shape index (κ2) is 26.0. The van der Waals surface area contributed by atoms with E-state index in [1.807, 2.05) is 0 Å². The molecule has 7 aromatic rings. The molecule has 0 aliphatic rings. The summed E-state index contributed by atoms with van der Waals surface area (Å²) in [6, 6.07) is 23.7. The third-order valence-electron chi connectivity index (χ3n) is 8.17. The Balaban J connectivity index is 0.000000219. The third-order valence-corrected chi connectivity index (χ3v) is 8.17. The second-order valence-electron chi connectivity index (χ2n) is 13.1. The van der Waals surface area contributed by atoms with Crippen LogP contribution in [0.15, 0.2) is 153 Å². The molecular weight excluding hydrogens is 905 g/mol. The smallest absolute Gasteiger partial charge is 0.345 e. The van der Waals surface area contributed by atoms with Crippen molar-refractivity contribution in [1.29, 1.82) is 0 Å². The second-order valence-corrected chi connectivity index (χ2v) is 13.1. The molecule has 7 rings (SSSR count). The molecule has 0 saturated carbocycles. The molecule has 0 aliphatic heterocycles. The fourth-order valence-corrected chi connectivity index (χ4v) is 5.07. The Kier molecular flexibility index (Phi) is 19.5. The molecule has 0 fully saturated rings. The van der Waals surface area contributed by atoms with Gasteiger partial charge in [-0.25, -0.2) is 33.6 Å². The number of methoxy groups -OCH3 is 3. The van der Waals surface area contributed by atoms with Crippen LogP contribution in [0.5, 0.6) is 34.5 Å². The van der Waals surface area contributed by atoms with Crippen molar-refractivity contribution in [3.8, 4) is 34.5 Å². The summed E-state index contributed by atoms with van der Waals surface area (Å²) < 4.78 is 29.2. The number of phenols is 3. The number of esters is 6. The van der Waals surface area contributed by atoms with Crippen molar-refractivity contribution < 1.29 is 82.4 Å². The fourth-order valence-electron chi connectivity index (χ4n) is 5.07. The maximum atomic E-state index is 12.2. The summed E-state index contributed by atoms with van der Waals surface area (Å²) in [6.45, 7) is 0. The molecule has 352 valence electrons. The van der Waals surface area contributed by atoms with Gasteiger partial charge in [-0.1, -0.05) is 0 Å². The van der Waals surface area contributed by atoms with Gasteiger partial charge in [-0.2, -0.15) is 0 Å². The molecule has 21 nitrogen and oxygen atoms in total. The average molecular weight is 943 g/mol. The number of hydrogen-bond donors (Lipinski definition) is 4. The first-order valence-electron chi connectivity index (χ1n) is 19.4. The molecule has 0 saturated heterocycles. The maximum absolute atomic E-state index is 12.2. The Labute approximate surface area is 390 Å². The SMILES string of the molecule is COC(=O)c1cc(O)cc(O)c1.COC(=O)c1cc(O)cc(OC(=O)c2cccnc2)c1.COC(=O)c1cc(OC(=O)c2cccnc2)cc(OC(=O)c2cccnc2)c1.O=C(O)c1cccnc1. The predicted octanol–water partition coefficient (Wildman–Crippen LogP) is 6.16. The maximum Gasteiger partial charge on any atom is 0.345 e. The van der Waals surface area contributed by atoms with Crippen molar-refractivity contribution in [2.45, 2.75) is 0 Å². The number of nitrogens with zero attached hydrogens (tertiary/aromatic N) is 4. The van der Waals surface area contributed by atoms with Gasteiger partial charge in [-0.15, -0.1) is 0 Å². The Hall–Kier alpha value is -10.1. The number of carbonyl (C=O) groups is 7. The van der Waals surface area contributed by atoms with Crippen molar-refractivity contribution in [2.75, 3.05) is 21.3 Å². The average Bonchev–Trinajstić information content (AvgIpc) is 3.36. The topological polar surface area (TPSA) is 307 Å². The van der Waals surface area contributed by atoms with E-state index in [1.54, 1.807) is 30.3 Å². The van der Waals surface area contributed by atoms with E-state index in [9.17, 15) is 38.7 Å². The number of hydrogen-bond acceptors (Lipinski definition) is 20. The molecule has 0 atom stereocenters. The summed E-state index contributed by atoms with van der Waals surface area (Å²) in [6.07, 6.45) is 11.4. The number of benzene rings is 3. The number of carboxylic acids is 1. The minimum Gasteiger partial charge on any atom is -0.508 e. The van der Waals surface area contributed by atoms with Gasteiger partial charge in [0.05, 0.1) is 60.3 Å². The van der Waals surface area contributed by atoms with E-state index in [-0.39, 0.29) is 73.4 Å². The first-order chi connectivity index (χ1) is 33.1. The summed E-state index contributed by atoms with van der Waals surface area (Å²) in [5, 5.41) is 35.8. The molecular formula is C48H38N4O17. The fraction of sp³-hybridized carbons (Fsp3) is 0.0625. The highest BCUT2D eigenvalue weighted by Gasteiger charge is 2.18. The lowest BCUT2D eigenvalue weighted by Gasteiger charge is -2.10. The van der Waals surface area contributed by atoms with Crippen molar-refractivity contribution in [3.63, 3.8) is 0 Å². The quantitative estimate of drug-likeness (QED) is 0.0678. The van der Waals surface area contributed by atoms with Crippen LogP contribution >= 0.6 is 0 Å². The molecule has 4 heterocycles. The molecule has 3 aromatic carbocycles. The molecule has 4 N–H and O–H groups in total. The highest BCUT2D eigenvalue weighted by Crippen LogP contribution is 2.26. The van der Waals surface area contributed by atoms with Gasteiger partial charge >= 0.3 is 41.8 Å². The molecule has 69 heavy (non-hydrogen) atoms. The van der Waals surface area contributed by atoms with Crippen LogP contribution in [0, 0.1) is 0 Å². The van der Waals surface area contributed by atoms with E-state index in [2.05, 4.69) is 34.1 Å². The molecule has 0 amide bonds. The summed E-state index contributed by atoms with van der Waals surface area (Å²) in [5.41, 5.74) is 1.18. The largest absolute Gasteiger partial charge is 0.508 e. The summed E-state index contributed by atoms with van der Waals surface area (Å²) in [5.74, 6) is -5.36. The summed E-state index contributed by atoms with van der Waals surface area (Å²) in [4.78, 5) is 95.7. The van der Waals surface area contributed by atoms with Crippen molar-refractivity contribution in [2.24, 2.45) is 0 Å². The number of aromatic nitrogens is 4. The zero-order valence-electron chi connectivity index (χ0n) is 36.3. The van der Waals surface area contributed by atoms with Gasteiger partial charge in [-0.05, 0) is 84.9 Å². The zero-order chi connectivity index (χ0) is 50.3. The lowest BCUT2D eigenvalue weighted by Crippen LogP contribution is -2.12. The van der Waals surface area contributed by atoms with Crippen molar-refractivity contribution >= 4 is 41.8 Å². The molecule has 0 radical (unpaired) electrons. The Morgan fingerprint density at radius 1 is 0.362 bits per heavy atom. The van der Waals surface area contributed by atoms with E-state index in [4.69, 9.17) is 29.5 Å². The minimum absolute atomic E-state index is 0.00531. The van der Waals surface area contributed by atoms with Crippen molar-refractivity contribution in [3.05, 3.63) is 192 Å². The van der Waals surface area contributed by atoms with E-state index in [0.717, 1.165) is 6.07 Å². The van der Waals surface area contributed by atoms with Gasteiger partial charge < -0.3 is 48.8 Å². The highest BCUT2D eigenvalue weighted by molar-refractivity contribution is 5.95. The van der Waals surface area contributed by atoms with E-state index >= 15 is 0 Å². The van der Waals surface area contributed by atoms with Crippen LogP contribution in [0.3, 0.4) is 0 Å². The van der Waals surface area contributed by atoms with Gasteiger partial charge in [0, 0.05) is 67.8 Å². The number of aromatic carboxylic acids is 1. The van der Waals surface area contributed by atoms with Crippen LogP contribution < -0.4 is 14.2 Å². The van der Waals surface area contributed by atoms with Crippen molar-refractivity contribution in [1.82, 2.24) is 19.9 Å². The van der Waals surface area contributed by atoms with E-state index in [0.29, 0.717) is 0 Å². The zero-order valence-corrected chi connectivity index (χ0v) is 36.3. The number of rotatable bonds is 10. The van der Waals surface area contributed by atoms with E-state index < -0.39 is 41.8 Å². The normalized spacial score (nSPS) is 9.72. The van der Waals surface area contributed by atoms with E-state index in [1.165, 1.54) is 138 Å². The van der Waals surface area contributed by atoms with Gasteiger partial charge in [-0.3, -0.25) is 19.9 Å². The Bertz CT molecular complexity index is 2800. The lowest BCUT2D eigenvalue weighted by molar-refractivity contribution is 0.0590. The molecule has 4 aromatic heterocycles. The van der Waals surface area contributed by atoms with Crippen LogP contribution in [0.25, 0.3) is 0 Å². The van der Waals surface area contributed by atoms with Gasteiger partial charge in [0.1, 0.15) is 34.5 Å².